The highest BCUT2D eigenvalue weighted by Crippen LogP contribution is 2.27. The minimum atomic E-state index is 0.576. The van der Waals surface area contributed by atoms with Gasteiger partial charge in [0.05, 0.1) is 0 Å². The van der Waals surface area contributed by atoms with Crippen LogP contribution < -0.4 is 5.32 Å². The molecule has 1 aromatic rings. The Hall–Kier alpha value is -0.380. The fourth-order valence-corrected chi connectivity index (χ4v) is 3.49. The Bertz CT molecular complexity index is 321. The summed E-state index contributed by atoms with van der Waals surface area (Å²) in [5.41, 5.74) is 0. The summed E-state index contributed by atoms with van der Waals surface area (Å²) in [5.74, 6) is 0. The van der Waals surface area contributed by atoms with E-state index in [9.17, 15) is 0 Å². The van der Waals surface area contributed by atoms with E-state index in [2.05, 4.69) is 48.5 Å². The zero-order valence-corrected chi connectivity index (χ0v) is 12.0. The molecule has 2 heterocycles. The maximum Gasteiger partial charge on any atom is 0.0413 e. The van der Waals surface area contributed by atoms with Crippen LogP contribution in [0.15, 0.2) is 17.5 Å². The molecule has 2 unspecified atom stereocenters. The number of rotatable bonds is 4. The fraction of sp³-hybridized carbons (Fsp3) is 0.714. The number of nitrogens with one attached hydrogen (secondary N) is 1. The molecule has 2 rings (SSSR count). The van der Waals surface area contributed by atoms with Gasteiger partial charge in [0.25, 0.3) is 0 Å². The van der Waals surface area contributed by atoms with Gasteiger partial charge in [-0.2, -0.15) is 0 Å². The van der Waals surface area contributed by atoms with Gasteiger partial charge in [0.1, 0.15) is 0 Å². The summed E-state index contributed by atoms with van der Waals surface area (Å²) >= 11 is 1.88. The van der Waals surface area contributed by atoms with Gasteiger partial charge >= 0.3 is 0 Å². The standard InChI is InChI=1S/C14H24N2S/c1-11(2)15-13-6-4-8-16(10-13)12(3)14-7-5-9-17-14/h5,7,9,11-13,15H,4,6,8,10H2,1-3H3. The zero-order chi connectivity index (χ0) is 12.3. The second-order valence-corrected chi connectivity index (χ2v) is 6.33. The summed E-state index contributed by atoms with van der Waals surface area (Å²) in [6.45, 7) is 9.25. The molecule has 0 radical (unpaired) electrons. The summed E-state index contributed by atoms with van der Waals surface area (Å²) in [6.07, 6.45) is 2.64. The molecule has 3 heteroatoms. The van der Waals surface area contributed by atoms with Gasteiger partial charge in [-0.1, -0.05) is 19.9 Å². The van der Waals surface area contributed by atoms with Crippen LogP contribution in [0.1, 0.15) is 44.5 Å². The third-order valence-corrected chi connectivity index (χ3v) is 4.57. The number of hydrogen-bond donors (Lipinski definition) is 1. The second-order valence-electron chi connectivity index (χ2n) is 5.35. The molecule has 1 aliphatic heterocycles. The lowest BCUT2D eigenvalue weighted by molar-refractivity contribution is 0.144. The van der Waals surface area contributed by atoms with Gasteiger partial charge in [0.15, 0.2) is 0 Å². The Balaban J connectivity index is 1.92. The lowest BCUT2D eigenvalue weighted by Gasteiger charge is -2.37. The molecule has 0 aliphatic carbocycles. The topological polar surface area (TPSA) is 15.3 Å². The lowest BCUT2D eigenvalue weighted by atomic mass is 10.0. The SMILES string of the molecule is CC(C)NC1CCCN(C(C)c2cccs2)C1. The Morgan fingerprint density at radius 1 is 1.41 bits per heavy atom. The predicted octanol–water partition coefficient (Wildman–Crippen LogP) is 3.27. The number of hydrogen-bond acceptors (Lipinski definition) is 3. The minimum absolute atomic E-state index is 0.576. The highest BCUT2D eigenvalue weighted by Gasteiger charge is 2.24. The van der Waals surface area contributed by atoms with Gasteiger partial charge in [-0.25, -0.2) is 0 Å². The smallest absolute Gasteiger partial charge is 0.0413 e. The van der Waals surface area contributed by atoms with Gasteiger partial charge < -0.3 is 5.32 Å². The summed E-state index contributed by atoms with van der Waals surface area (Å²) < 4.78 is 0. The predicted molar refractivity (Wildman–Crippen MR) is 75.6 cm³/mol. The average Bonchev–Trinajstić information content (AvgIpc) is 2.81. The van der Waals surface area contributed by atoms with E-state index in [-0.39, 0.29) is 0 Å². The van der Waals surface area contributed by atoms with Crippen LogP contribution in [-0.4, -0.2) is 30.1 Å². The Morgan fingerprint density at radius 3 is 2.88 bits per heavy atom. The maximum absolute atomic E-state index is 3.67. The van der Waals surface area contributed by atoms with Crippen molar-refractivity contribution in [2.75, 3.05) is 13.1 Å². The summed E-state index contributed by atoms with van der Waals surface area (Å²) in [5, 5.41) is 5.85. The van der Waals surface area contributed by atoms with Crippen LogP contribution in [0.2, 0.25) is 0 Å². The number of likely N-dealkylation sites (tertiary alicyclic amines) is 1. The molecule has 2 atom stereocenters. The second kappa shape index (κ2) is 5.98. The first kappa shape index (κ1) is 13.1. The van der Waals surface area contributed by atoms with Crippen LogP contribution in [0.3, 0.4) is 0 Å². The highest BCUT2D eigenvalue weighted by molar-refractivity contribution is 7.10. The van der Waals surface area contributed by atoms with Gasteiger partial charge in [-0.3, -0.25) is 4.90 Å². The van der Waals surface area contributed by atoms with Gasteiger partial charge in [-0.15, -0.1) is 11.3 Å². The maximum atomic E-state index is 3.67. The molecule has 0 bridgehead atoms. The van der Waals surface area contributed by atoms with Crippen molar-refractivity contribution in [2.45, 2.75) is 51.7 Å². The number of piperidine rings is 1. The molecule has 1 N–H and O–H groups in total. The van der Waals surface area contributed by atoms with Crippen LogP contribution in [0, 0.1) is 0 Å². The molecule has 17 heavy (non-hydrogen) atoms. The van der Waals surface area contributed by atoms with Crippen molar-refractivity contribution < 1.29 is 0 Å². The van der Waals surface area contributed by atoms with Crippen LogP contribution in [0.25, 0.3) is 0 Å². The minimum Gasteiger partial charge on any atom is -0.311 e. The van der Waals surface area contributed by atoms with Crippen molar-refractivity contribution in [1.82, 2.24) is 10.2 Å². The summed E-state index contributed by atoms with van der Waals surface area (Å²) in [6, 6.07) is 6.26. The molecule has 1 aliphatic rings. The van der Waals surface area contributed by atoms with Crippen molar-refractivity contribution in [2.24, 2.45) is 0 Å². The van der Waals surface area contributed by atoms with Crippen molar-refractivity contribution in [3.63, 3.8) is 0 Å². The summed E-state index contributed by atoms with van der Waals surface area (Å²) in [7, 11) is 0. The molecule has 0 spiro atoms. The first-order chi connectivity index (χ1) is 8.16. The molecule has 96 valence electrons. The lowest BCUT2D eigenvalue weighted by Crippen LogP contribution is -2.48. The fourth-order valence-electron chi connectivity index (χ4n) is 2.67. The van der Waals surface area contributed by atoms with E-state index in [1.54, 1.807) is 0 Å². The Labute approximate surface area is 109 Å². The Morgan fingerprint density at radius 2 is 2.24 bits per heavy atom. The molecule has 2 nitrogen and oxygen atoms in total. The molecular weight excluding hydrogens is 228 g/mol. The molecule has 1 aromatic heterocycles. The molecule has 1 fully saturated rings. The number of nitrogens with zero attached hydrogens (tertiary/aromatic N) is 1. The normalized spacial score (nSPS) is 24.1. The monoisotopic (exact) mass is 252 g/mol. The van der Waals surface area contributed by atoms with Crippen LogP contribution >= 0.6 is 11.3 Å². The van der Waals surface area contributed by atoms with E-state index in [0.29, 0.717) is 18.1 Å². The first-order valence-corrected chi connectivity index (χ1v) is 7.58. The molecular formula is C14H24N2S. The van der Waals surface area contributed by atoms with E-state index in [4.69, 9.17) is 0 Å². The van der Waals surface area contributed by atoms with Gasteiger partial charge in [0.2, 0.25) is 0 Å². The van der Waals surface area contributed by atoms with Crippen molar-refractivity contribution in [3.8, 4) is 0 Å². The van der Waals surface area contributed by atoms with Crippen LogP contribution in [-0.2, 0) is 0 Å². The van der Waals surface area contributed by atoms with E-state index < -0.39 is 0 Å². The van der Waals surface area contributed by atoms with Crippen LogP contribution in [0.4, 0.5) is 0 Å². The first-order valence-electron chi connectivity index (χ1n) is 6.70. The molecule has 0 aromatic carbocycles. The Kier molecular flexibility index (Phi) is 4.60. The van der Waals surface area contributed by atoms with Crippen LogP contribution in [0.5, 0.6) is 0 Å². The number of thiophene rings is 1. The quantitative estimate of drug-likeness (QED) is 0.885. The summed E-state index contributed by atoms with van der Waals surface area (Å²) in [4.78, 5) is 4.12. The van der Waals surface area contributed by atoms with Crippen molar-refractivity contribution in [1.29, 1.82) is 0 Å². The molecule has 1 saturated heterocycles. The van der Waals surface area contributed by atoms with E-state index in [1.807, 2.05) is 11.3 Å². The third kappa shape index (κ3) is 3.54. The van der Waals surface area contributed by atoms with Crippen molar-refractivity contribution in [3.05, 3.63) is 22.4 Å². The molecule has 0 amide bonds. The third-order valence-electron chi connectivity index (χ3n) is 3.52. The van der Waals surface area contributed by atoms with Crippen molar-refractivity contribution >= 4 is 11.3 Å². The average molecular weight is 252 g/mol. The van der Waals surface area contributed by atoms with Gasteiger partial charge in [0, 0.05) is 29.5 Å². The molecule has 0 saturated carbocycles. The van der Waals surface area contributed by atoms with E-state index in [1.165, 1.54) is 30.8 Å². The van der Waals surface area contributed by atoms with E-state index >= 15 is 0 Å². The highest BCUT2D eigenvalue weighted by atomic mass is 32.1. The largest absolute Gasteiger partial charge is 0.311 e. The zero-order valence-electron chi connectivity index (χ0n) is 11.1. The van der Waals surface area contributed by atoms with E-state index in [0.717, 1.165) is 0 Å². The van der Waals surface area contributed by atoms with Gasteiger partial charge in [-0.05, 0) is 37.8 Å².